The van der Waals surface area contributed by atoms with Crippen LogP contribution in [0.4, 0.5) is 9.59 Å². The Hall–Kier alpha value is -2.49. The van der Waals surface area contributed by atoms with E-state index in [1.165, 1.54) is 11.8 Å². The smallest absolute Gasteiger partial charge is 0.435 e. The monoisotopic (exact) mass is 555 g/mol. The molecule has 1 aliphatic rings. The third-order valence-corrected chi connectivity index (χ3v) is 6.33. The summed E-state index contributed by atoms with van der Waals surface area (Å²) in [6.45, 7) is 11.3. The normalized spacial score (nSPS) is 18.1. The Morgan fingerprint density at radius 1 is 1.05 bits per heavy atom. The lowest BCUT2D eigenvalue weighted by atomic mass is 9.95. The molecule has 1 saturated heterocycles. The molecule has 2 aromatic rings. The molecular weight excluding hydrogens is 521 g/mol. The van der Waals surface area contributed by atoms with E-state index in [4.69, 9.17) is 42.1 Å². The van der Waals surface area contributed by atoms with E-state index in [9.17, 15) is 9.59 Å². The van der Waals surface area contributed by atoms with Crippen LogP contribution in [0.15, 0.2) is 24.5 Å². The second-order valence-corrected chi connectivity index (χ2v) is 11.8. The largest absolute Gasteiger partial charge is 0.467 e. The predicted molar refractivity (Wildman–Crippen MR) is 140 cm³/mol. The van der Waals surface area contributed by atoms with E-state index in [2.05, 4.69) is 5.10 Å². The van der Waals surface area contributed by atoms with Gasteiger partial charge in [-0.3, -0.25) is 0 Å². The van der Waals surface area contributed by atoms with Gasteiger partial charge in [0.25, 0.3) is 0 Å². The lowest BCUT2D eigenvalue weighted by Gasteiger charge is -2.30. The fourth-order valence-corrected chi connectivity index (χ4v) is 4.63. The average molecular weight is 556 g/mol. The first-order valence-corrected chi connectivity index (χ1v) is 12.8. The Morgan fingerprint density at radius 3 is 2.32 bits per heavy atom. The highest BCUT2D eigenvalue weighted by molar-refractivity contribution is 6.42. The molecule has 0 aliphatic carbocycles. The number of hydrogen-bond acceptors (Lipinski definition) is 7. The van der Waals surface area contributed by atoms with Crippen molar-refractivity contribution < 1.29 is 28.5 Å². The molecule has 1 amide bonds. The van der Waals surface area contributed by atoms with Crippen LogP contribution in [-0.4, -0.2) is 58.5 Å². The molecule has 1 aromatic carbocycles. The molecule has 1 fully saturated rings. The Bertz CT molecular complexity index is 1120. The van der Waals surface area contributed by atoms with E-state index >= 15 is 0 Å². The van der Waals surface area contributed by atoms with Gasteiger partial charge in [-0.25, -0.2) is 9.59 Å². The molecule has 2 heterocycles. The van der Waals surface area contributed by atoms with E-state index in [1.54, 1.807) is 50.2 Å². The van der Waals surface area contributed by atoms with Crippen molar-refractivity contribution in [3.8, 4) is 5.75 Å². The van der Waals surface area contributed by atoms with Gasteiger partial charge in [0.05, 0.1) is 22.3 Å². The third-order valence-electron chi connectivity index (χ3n) is 5.51. The molecule has 37 heavy (non-hydrogen) atoms. The van der Waals surface area contributed by atoms with Crippen molar-refractivity contribution in [2.75, 3.05) is 20.4 Å². The molecule has 3 rings (SSSR count). The van der Waals surface area contributed by atoms with E-state index in [-0.39, 0.29) is 12.7 Å². The summed E-state index contributed by atoms with van der Waals surface area (Å²) in [6.07, 6.45) is 3.42. The van der Waals surface area contributed by atoms with Gasteiger partial charge in [0.1, 0.15) is 17.0 Å². The molecule has 0 N–H and O–H groups in total. The molecule has 204 valence electrons. The highest BCUT2D eigenvalue weighted by Crippen LogP contribution is 2.46. The molecule has 0 radical (unpaired) electrons. The van der Waals surface area contributed by atoms with Crippen molar-refractivity contribution in [3.05, 3.63) is 45.7 Å². The van der Waals surface area contributed by atoms with Gasteiger partial charge < -0.3 is 23.8 Å². The molecule has 1 aliphatic heterocycles. The van der Waals surface area contributed by atoms with E-state index in [0.29, 0.717) is 40.7 Å². The maximum absolute atomic E-state index is 13.3. The minimum Gasteiger partial charge on any atom is -0.467 e. The Kier molecular flexibility index (Phi) is 9.03. The van der Waals surface area contributed by atoms with Crippen molar-refractivity contribution in [1.29, 1.82) is 0 Å². The van der Waals surface area contributed by atoms with Gasteiger partial charge in [0.2, 0.25) is 0 Å². The SMILES string of the molecule is COCOc1ccc(Cl)c(Cl)c1[C@H]1C[C@@H](Cc2cnn(C(=O)OC(C)(C)C)c2)CN1C(=O)OC(C)(C)C. The molecular formula is C26H35Cl2N3O6. The topological polar surface area (TPSA) is 92.1 Å². The van der Waals surface area contributed by atoms with Crippen LogP contribution in [0.25, 0.3) is 0 Å². The number of likely N-dealkylation sites (tertiary alicyclic amines) is 1. The number of carbonyl (C=O) groups is 2. The molecule has 1 aromatic heterocycles. The number of methoxy groups -OCH3 is 1. The summed E-state index contributed by atoms with van der Waals surface area (Å²) in [4.78, 5) is 27.3. The lowest BCUT2D eigenvalue weighted by molar-refractivity contribution is 0.0210. The van der Waals surface area contributed by atoms with Crippen LogP contribution >= 0.6 is 23.2 Å². The first-order valence-electron chi connectivity index (χ1n) is 12.0. The number of aromatic nitrogens is 2. The molecule has 9 nitrogen and oxygen atoms in total. The van der Waals surface area contributed by atoms with Crippen LogP contribution in [0.2, 0.25) is 10.0 Å². The number of ether oxygens (including phenoxy) is 4. The van der Waals surface area contributed by atoms with Crippen molar-refractivity contribution >= 4 is 35.4 Å². The zero-order valence-corrected chi connectivity index (χ0v) is 23.9. The zero-order chi connectivity index (χ0) is 27.5. The van der Waals surface area contributed by atoms with Gasteiger partial charge in [-0.05, 0) is 78.0 Å². The number of benzene rings is 1. The molecule has 2 atom stereocenters. The Morgan fingerprint density at radius 2 is 1.70 bits per heavy atom. The fraction of sp³-hybridized carbons (Fsp3) is 0.577. The quantitative estimate of drug-likeness (QED) is 0.375. The molecule has 11 heteroatoms. The number of hydrogen-bond donors (Lipinski definition) is 0. The predicted octanol–water partition coefficient (Wildman–Crippen LogP) is 6.50. The minimum atomic E-state index is -0.679. The summed E-state index contributed by atoms with van der Waals surface area (Å²) >= 11 is 13.0. The van der Waals surface area contributed by atoms with Crippen molar-refractivity contribution in [3.63, 3.8) is 0 Å². The van der Waals surface area contributed by atoms with Crippen molar-refractivity contribution in [2.24, 2.45) is 5.92 Å². The van der Waals surface area contributed by atoms with Crippen molar-refractivity contribution in [1.82, 2.24) is 14.7 Å². The standard InChI is InChI=1S/C26H35Cl2N3O6/c1-25(2,3)36-23(32)30-13-16(10-17-12-29-31(14-17)24(33)37-26(4,5)6)11-19(30)21-20(35-15-34-7)9-8-18(27)22(21)28/h8-9,12,14,16,19H,10-11,13,15H2,1-7H3/t16-,19-/m1/s1. The van der Waals surface area contributed by atoms with Crippen LogP contribution < -0.4 is 4.74 Å². The number of nitrogens with zero attached hydrogens (tertiary/aromatic N) is 3. The van der Waals surface area contributed by atoms with Gasteiger partial charge in [-0.2, -0.15) is 9.78 Å². The average Bonchev–Trinajstić information content (AvgIpc) is 3.40. The third kappa shape index (κ3) is 7.75. The van der Waals surface area contributed by atoms with Crippen LogP contribution in [0.5, 0.6) is 5.75 Å². The fourth-order valence-electron chi connectivity index (χ4n) is 4.18. The van der Waals surface area contributed by atoms with Gasteiger partial charge in [-0.1, -0.05) is 23.2 Å². The maximum Gasteiger partial charge on any atom is 0.435 e. The summed E-state index contributed by atoms with van der Waals surface area (Å²) in [6, 6.07) is 2.92. The van der Waals surface area contributed by atoms with Crippen LogP contribution in [0.3, 0.4) is 0 Å². The highest BCUT2D eigenvalue weighted by Gasteiger charge is 2.41. The van der Waals surface area contributed by atoms with Crippen molar-refractivity contribution in [2.45, 2.75) is 71.6 Å². The first-order chi connectivity index (χ1) is 17.2. The Labute approximate surface area is 227 Å². The zero-order valence-electron chi connectivity index (χ0n) is 22.3. The van der Waals surface area contributed by atoms with Crippen LogP contribution in [-0.2, 0) is 20.6 Å². The highest BCUT2D eigenvalue weighted by atomic mass is 35.5. The summed E-state index contributed by atoms with van der Waals surface area (Å²) in [5.74, 6) is 0.507. The Balaban J connectivity index is 1.89. The lowest BCUT2D eigenvalue weighted by Crippen LogP contribution is -2.37. The minimum absolute atomic E-state index is 0.0113. The number of carbonyl (C=O) groups excluding carboxylic acids is 2. The summed E-state index contributed by atoms with van der Waals surface area (Å²) in [5, 5.41) is 4.83. The molecule has 0 saturated carbocycles. The number of halogens is 2. The molecule has 0 bridgehead atoms. The van der Waals surface area contributed by atoms with Crippen LogP contribution in [0, 0.1) is 5.92 Å². The van der Waals surface area contributed by atoms with E-state index < -0.39 is 29.4 Å². The van der Waals surface area contributed by atoms with E-state index in [1.807, 2.05) is 20.8 Å². The van der Waals surface area contributed by atoms with Crippen LogP contribution in [0.1, 0.15) is 65.1 Å². The summed E-state index contributed by atoms with van der Waals surface area (Å²) in [7, 11) is 1.52. The second kappa shape index (κ2) is 11.5. The number of amides is 1. The van der Waals surface area contributed by atoms with E-state index in [0.717, 1.165) is 5.56 Å². The second-order valence-electron chi connectivity index (χ2n) is 11.1. The first kappa shape index (κ1) is 29.1. The maximum atomic E-state index is 13.3. The van der Waals surface area contributed by atoms with Gasteiger partial charge in [-0.15, -0.1) is 0 Å². The number of rotatable bonds is 6. The molecule has 0 spiro atoms. The summed E-state index contributed by atoms with van der Waals surface area (Å²) < 4.78 is 23.1. The molecule has 0 unspecified atom stereocenters. The van der Waals surface area contributed by atoms with Gasteiger partial charge in [0.15, 0.2) is 6.79 Å². The summed E-state index contributed by atoms with van der Waals surface area (Å²) in [5.41, 5.74) is 0.133. The van der Waals surface area contributed by atoms with Gasteiger partial charge >= 0.3 is 12.2 Å². The van der Waals surface area contributed by atoms with Gasteiger partial charge in [0, 0.05) is 25.4 Å².